The van der Waals surface area contributed by atoms with Crippen LogP contribution in [0.5, 0.6) is 0 Å². The van der Waals surface area contributed by atoms with Crippen LogP contribution >= 0.6 is 34.9 Å². The number of thioether (sulfide) groups is 1. The second kappa shape index (κ2) is 5.37. The largest absolute Gasteiger partial charge is 0.298 e. The van der Waals surface area contributed by atoms with E-state index in [0.29, 0.717) is 17.0 Å². The van der Waals surface area contributed by atoms with Crippen molar-refractivity contribution in [2.75, 3.05) is 6.26 Å². The Morgan fingerprint density at radius 1 is 1.25 bits per heavy atom. The van der Waals surface area contributed by atoms with Crippen molar-refractivity contribution in [2.24, 2.45) is 0 Å². The van der Waals surface area contributed by atoms with E-state index in [1.807, 2.05) is 6.26 Å². The maximum Gasteiger partial charge on any atom is 0.194 e. The molecule has 0 spiro atoms. The van der Waals surface area contributed by atoms with Gasteiger partial charge in [-0.15, -0.1) is 10.2 Å². The van der Waals surface area contributed by atoms with Gasteiger partial charge < -0.3 is 0 Å². The number of nitrogens with zero attached hydrogens (tertiary/aromatic N) is 4. The van der Waals surface area contributed by atoms with Crippen LogP contribution in [0.1, 0.15) is 10.4 Å². The quantitative estimate of drug-likeness (QED) is 0.478. The van der Waals surface area contributed by atoms with Crippen molar-refractivity contribution in [3.8, 4) is 0 Å². The van der Waals surface area contributed by atoms with Crippen LogP contribution in [0, 0.1) is 0 Å². The fourth-order valence-electron chi connectivity index (χ4n) is 0.839. The molecule has 16 heavy (non-hydrogen) atoms. The lowest BCUT2D eigenvalue weighted by atomic mass is 10.4. The topological polar surface area (TPSA) is 68.6 Å². The summed E-state index contributed by atoms with van der Waals surface area (Å²) in [7, 11) is 0. The normalized spacial score (nSPS) is 10.3. The van der Waals surface area contributed by atoms with Gasteiger partial charge in [0.15, 0.2) is 20.1 Å². The Labute approximate surface area is 104 Å². The summed E-state index contributed by atoms with van der Waals surface area (Å²) < 4.78 is 1.70. The Morgan fingerprint density at radius 2 is 1.94 bits per heavy atom. The molecule has 5 nitrogen and oxygen atoms in total. The lowest BCUT2D eigenvalue weighted by Crippen LogP contribution is -1.88. The number of hydrogen-bond donors (Lipinski definition) is 0. The van der Waals surface area contributed by atoms with Crippen molar-refractivity contribution in [2.45, 2.75) is 13.8 Å². The van der Waals surface area contributed by atoms with Gasteiger partial charge in [-0.1, -0.05) is 23.1 Å². The molecule has 82 valence electrons. The number of carbonyl (C=O) groups excluding carboxylic acids is 1. The maximum absolute atomic E-state index is 10.4. The second-order valence-electron chi connectivity index (χ2n) is 2.56. The molecule has 0 fully saturated rings. The summed E-state index contributed by atoms with van der Waals surface area (Å²) in [6, 6.07) is 0. The van der Waals surface area contributed by atoms with E-state index in [-0.39, 0.29) is 0 Å². The van der Waals surface area contributed by atoms with Gasteiger partial charge in [-0.05, 0) is 18.0 Å². The molecule has 0 N–H and O–H groups in total. The number of aromatic nitrogens is 4. The lowest BCUT2D eigenvalue weighted by Gasteiger charge is -1.94. The van der Waals surface area contributed by atoms with Crippen molar-refractivity contribution in [1.82, 2.24) is 20.2 Å². The smallest absolute Gasteiger partial charge is 0.194 e. The van der Waals surface area contributed by atoms with Gasteiger partial charge in [0, 0.05) is 12.4 Å². The summed E-state index contributed by atoms with van der Waals surface area (Å²) in [5, 5.41) is 8.51. The average Bonchev–Trinajstić information content (AvgIpc) is 2.78. The molecule has 0 saturated carbocycles. The summed E-state index contributed by atoms with van der Waals surface area (Å²) in [5.74, 6) is 0. The van der Waals surface area contributed by atoms with Crippen LogP contribution in [0.2, 0.25) is 0 Å². The molecule has 2 rings (SSSR count). The molecule has 2 aromatic rings. The van der Waals surface area contributed by atoms with Crippen molar-refractivity contribution in [3.63, 3.8) is 0 Å². The molecule has 0 atom stereocenters. The molecule has 0 aliphatic rings. The fraction of sp³-hybridized carbons (Fsp3) is 0.125. The van der Waals surface area contributed by atoms with Gasteiger partial charge in [-0.25, -0.2) is 9.97 Å². The van der Waals surface area contributed by atoms with Crippen LogP contribution in [-0.4, -0.2) is 32.7 Å². The first-order chi connectivity index (χ1) is 7.81. The number of aldehydes is 1. The highest BCUT2D eigenvalue weighted by atomic mass is 32.2. The minimum absolute atomic E-state index is 0.464. The summed E-state index contributed by atoms with van der Waals surface area (Å²) in [5.41, 5.74) is 0.464. The molecule has 0 aliphatic heterocycles. The monoisotopic (exact) mass is 270 g/mol. The lowest BCUT2D eigenvalue weighted by molar-refractivity contribution is 0.112. The molecular formula is C8H6N4OS3. The predicted octanol–water partition coefficient (Wildman–Crippen LogP) is 2.01. The van der Waals surface area contributed by atoms with Gasteiger partial charge >= 0.3 is 0 Å². The zero-order valence-electron chi connectivity index (χ0n) is 8.15. The second-order valence-corrected chi connectivity index (χ2v) is 5.80. The van der Waals surface area contributed by atoms with Gasteiger partial charge in [-0.3, -0.25) is 4.79 Å². The Bertz CT molecular complexity index is 484. The minimum atomic E-state index is 0.464. The van der Waals surface area contributed by atoms with Gasteiger partial charge in [0.1, 0.15) is 0 Å². The van der Waals surface area contributed by atoms with Gasteiger partial charge in [0.2, 0.25) is 0 Å². The summed E-state index contributed by atoms with van der Waals surface area (Å²) in [4.78, 5) is 18.5. The first kappa shape index (κ1) is 11.5. The van der Waals surface area contributed by atoms with Crippen molar-refractivity contribution < 1.29 is 4.79 Å². The third-order valence-electron chi connectivity index (χ3n) is 1.53. The van der Waals surface area contributed by atoms with E-state index in [1.165, 1.54) is 35.5 Å². The molecular weight excluding hydrogens is 264 g/mol. The average molecular weight is 270 g/mol. The van der Waals surface area contributed by atoms with Crippen LogP contribution in [0.15, 0.2) is 26.2 Å². The Hall–Kier alpha value is -0.990. The van der Waals surface area contributed by atoms with E-state index in [2.05, 4.69) is 20.2 Å². The third kappa shape index (κ3) is 2.77. The molecule has 0 amide bonds. The highest BCUT2D eigenvalue weighted by Gasteiger charge is 2.07. The summed E-state index contributed by atoms with van der Waals surface area (Å²) >= 11 is 4.38. The zero-order valence-corrected chi connectivity index (χ0v) is 10.6. The van der Waals surface area contributed by atoms with E-state index in [9.17, 15) is 4.79 Å². The van der Waals surface area contributed by atoms with Crippen molar-refractivity contribution >= 4 is 41.1 Å². The van der Waals surface area contributed by atoms with Gasteiger partial charge in [0.05, 0.1) is 5.56 Å². The van der Waals surface area contributed by atoms with E-state index < -0.39 is 0 Å². The maximum atomic E-state index is 10.4. The Balaban J connectivity index is 2.10. The van der Waals surface area contributed by atoms with Crippen LogP contribution < -0.4 is 0 Å². The van der Waals surface area contributed by atoms with Crippen molar-refractivity contribution in [1.29, 1.82) is 0 Å². The molecule has 0 saturated heterocycles. The molecule has 0 aromatic carbocycles. The van der Waals surface area contributed by atoms with Crippen LogP contribution in [0.4, 0.5) is 0 Å². The van der Waals surface area contributed by atoms with Gasteiger partial charge in [0.25, 0.3) is 0 Å². The zero-order chi connectivity index (χ0) is 11.4. The van der Waals surface area contributed by atoms with Crippen LogP contribution in [-0.2, 0) is 0 Å². The Morgan fingerprint density at radius 3 is 2.50 bits per heavy atom. The highest BCUT2D eigenvalue weighted by Crippen LogP contribution is 2.30. The third-order valence-corrected chi connectivity index (χ3v) is 4.37. The highest BCUT2D eigenvalue weighted by molar-refractivity contribution is 8.02. The fourth-order valence-corrected chi connectivity index (χ4v) is 3.08. The van der Waals surface area contributed by atoms with E-state index in [0.717, 1.165) is 8.68 Å². The molecule has 8 heteroatoms. The van der Waals surface area contributed by atoms with Crippen LogP contribution in [0.3, 0.4) is 0 Å². The number of hydrogen-bond acceptors (Lipinski definition) is 8. The molecule has 0 aliphatic carbocycles. The predicted molar refractivity (Wildman–Crippen MR) is 63.2 cm³/mol. The van der Waals surface area contributed by atoms with E-state index in [1.54, 1.807) is 11.8 Å². The van der Waals surface area contributed by atoms with Gasteiger partial charge in [-0.2, -0.15) is 0 Å². The molecule has 0 bridgehead atoms. The summed E-state index contributed by atoms with van der Waals surface area (Å²) in [6.45, 7) is 0. The molecule has 2 aromatic heterocycles. The Kier molecular flexibility index (Phi) is 3.86. The number of rotatable bonds is 4. The minimum Gasteiger partial charge on any atom is -0.298 e. The van der Waals surface area contributed by atoms with E-state index >= 15 is 0 Å². The first-order valence-electron chi connectivity index (χ1n) is 4.14. The molecule has 0 radical (unpaired) electrons. The first-order valence-corrected chi connectivity index (χ1v) is 7.00. The SMILES string of the molecule is CSc1nnc(Sc2ncc(C=O)cn2)s1. The molecule has 0 unspecified atom stereocenters. The van der Waals surface area contributed by atoms with Crippen molar-refractivity contribution in [3.05, 3.63) is 18.0 Å². The molecule has 2 heterocycles. The van der Waals surface area contributed by atoms with E-state index in [4.69, 9.17) is 0 Å². The summed E-state index contributed by atoms with van der Waals surface area (Å²) in [6.07, 6.45) is 5.63. The standard InChI is InChI=1S/C8H6N4OS3/c1-14-7-11-12-8(16-7)15-6-9-2-5(4-13)3-10-6/h2-4H,1H3. The number of carbonyl (C=O) groups is 1. The van der Waals surface area contributed by atoms with Crippen LogP contribution in [0.25, 0.3) is 0 Å².